The number of hydrogen-bond donors (Lipinski definition) is 1. The highest BCUT2D eigenvalue weighted by Gasteiger charge is 2.20. The van der Waals surface area contributed by atoms with E-state index in [0.29, 0.717) is 0 Å². The van der Waals surface area contributed by atoms with Crippen molar-refractivity contribution in [2.24, 2.45) is 0 Å². The number of nitro benzene ring substituents is 1. The molecule has 0 aliphatic rings. The molecule has 1 amide bonds. The number of methoxy groups -OCH3 is 1. The third-order valence-electron chi connectivity index (χ3n) is 3.55. The number of halogens is 2. The number of nitro groups is 1. The number of thioether (sulfide) groups is 1. The Balaban J connectivity index is 2.04. The largest absolute Gasteiger partial charge is 0.496 e. The lowest BCUT2D eigenvalue weighted by molar-refractivity contribution is -0.384. The number of ether oxygens (including phenoxy) is 1. The fourth-order valence-corrected chi connectivity index (χ4v) is 3.13. The molecular weight excluding hydrogens is 366 g/mol. The summed E-state index contributed by atoms with van der Waals surface area (Å²) >= 11 is 1.02. The number of nitrogens with one attached hydrogen (secondary N) is 1. The molecule has 1 N–H and O–H groups in total. The molecule has 0 radical (unpaired) electrons. The van der Waals surface area contributed by atoms with Gasteiger partial charge in [-0.15, -0.1) is 11.8 Å². The van der Waals surface area contributed by atoms with E-state index < -0.39 is 27.7 Å². The lowest BCUT2D eigenvalue weighted by Crippen LogP contribution is -2.16. The van der Waals surface area contributed by atoms with E-state index in [9.17, 15) is 23.7 Å². The van der Waals surface area contributed by atoms with Gasteiger partial charge < -0.3 is 10.1 Å². The molecule has 0 saturated heterocycles. The van der Waals surface area contributed by atoms with E-state index in [2.05, 4.69) is 5.32 Å². The number of carbonyl (C=O) groups is 1. The topological polar surface area (TPSA) is 81.5 Å². The van der Waals surface area contributed by atoms with Crippen LogP contribution in [0.3, 0.4) is 0 Å². The van der Waals surface area contributed by atoms with Gasteiger partial charge in [-0.25, -0.2) is 8.78 Å². The molecule has 0 aliphatic heterocycles. The van der Waals surface area contributed by atoms with Crippen molar-refractivity contribution in [3.8, 4) is 5.75 Å². The molecule has 0 aliphatic carbocycles. The summed E-state index contributed by atoms with van der Waals surface area (Å²) in [6.07, 6.45) is 0. The summed E-state index contributed by atoms with van der Waals surface area (Å²) < 4.78 is 32.4. The number of amides is 1. The van der Waals surface area contributed by atoms with E-state index in [4.69, 9.17) is 4.74 Å². The highest BCUT2D eigenvalue weighted by Crippen LogP contribution is 2.33. The van der Waals surface area contributed by atoms with Crippen LogP contribution in [0.2, 0.25) is 0 Å². The maximum Gasteiger partial charge on any atom is 0.296 e. The second-order valence-corrected chi connectivity index (χ2v) is 6.61. The molecule has 6 nitrogen and oxygen atoms in total. The Kier molecular flexibility index (Phi) is 6.51. The summed E-state index contributed by atoms with van der Waals surface area (Å²) in [6.45, 7) is 1.58. The van der Waals surface area contributed by atoms with Crippen molar-refractivity contribution in [3.63, 3.8) is 0 Å². The molecule has 1 unspecified atom stereocenters. The summed E-state index contributed by atoms with van der Waals surface area (Å²) in [6, 6.07) is 7.60. The van der Waals surface area contributed by atoms with E-state index in [1.165, 1.54) is 31.4 Å². The lowest BCUT2D eigenvalue weighted by Gasteiger charge is -2.13. The smallest absolute Gasteiger partial charge is 0.296 e. The van der Waals surface area contributed by atoms with Crippen molar-refractivity contribution in [2.45, 2.75) is 12.2 Å². The maximum atomic E-state index is 13.7. The molecule has 0 bridgehead atoms. The minimum Gasteiger partial charge on any atom is -0.496 e. The molecule has 0 fully saturated rings. The number of hydrogen-bond acceptors (Lipinski definition) is 5. The van der Waals surface area contributed by atoms with Crippen molar-refractivity contribution in [1.82, 2.24) is 0 Å². The SMILES string of the molecule is COc1ccc(NC(=O)CSC(C)c2c(F)cccc2F)c([N+](=O)[O-])c1. The van der Waals surface area contributed by atoms with Crippen LogP contribution in [0.25, 0.3) is 0 Å². The molecule has 0 spiro atoms. The molecule has 0 aromatic heterocycles. The van der Waals surface area contributed by atoms with Crippen LogP contribution in [0.4, 0.5) is 20.2 Å². The second-order valence-electron chi connectivity index (χ2n) is 5.28. The zero-order chi connectivity index (χ0) is 19.3. The Labute approximate surface area is 152 Å². The third-order valence-corrected chi connectivity index (χ3v) is 4.71. The molecule has 2 aromatic rings. The van der Waals surface area contributed by atoms with Gasteiger partial charge in [-0.2, -0.15) is 0 Å². The van der Waals surface area contributed by atoms with Gasteiger partial charge in [0, 0.05) is 10.8 Å². The van der Waals surface area contributed by atoms with Gasteiger partial charge >= 0.3 is 0 Å². The van der Waals surface area contributed by atoms with Gasteiger partial charge in [0.25, 0.3) is 5.69 Å². The first-order valence-electron chi connectivity index (χ1n) is 7.51. The average Bonchev–Trinajstić information content (AvgIpc) is 2.60. The standard InChI is InChI=1S/C17H16F2N2O4S/c1-10(17-12(18)4-3-5-13(17)19)26-9-16(22)20-14-7-6-11(25-2)8-15(14)21(23)24/h3-8,10H,9H2,1-2H3,(H,20,22). The van der Waals surface area contributed by atoms with E-state index in [-0.39, 0.29) is 28.4 Å². The van der Waals surface area contributed by atoms with Gasteiger partial charge in [0.2, 0.25) is 5.91 Å². The van der Waals surface area contributed by atoms with Crippen molar-refractivity contribution in [3.05, 3.63) is 63.7 Å². The number of benzene rings is 2. The summed E-state index contributed by atoms with van der Waals surface area (Å²) in [5.74, 6) is -1.73. The molecule has 0 heterocycles. The number of nitrogens with zero attached hydrogens (tertiary/aromatic N) is 1. The van der Waals surface area contributed by atoms with Gasteiger partial charge in [0.15, 0.2) is 0 Å². The zero-order valence-electron chi connectivity index (χ0n) is 14.0. The monoisotopic (exact) mass is 382 g/mol. The van der Waals surface area contributed by atoms with Gasteiger partial charge in [0.1, 0.15) is 23.1 Å². The van der Waals surface area contributed by atoms with Crippen LogP contribution < -0.4 is 10.1 Å². The van der Waals surface area contributed by atoms with Crippen LogP contribution in [-0.4, -0.2) is 23.7 Å². The van der Waals surface area contributed by atoms with Gasteiger partial charge in [-0.05, 0) is 31.2 Å². The summed E-state index contributed by atoms with van der Waals surface area (Å²) in [4.78, 5) is 22.5. The second kappa shape index (κ2) is 8.61. The predicted octanol–water partition coefficient (Wildman–Crippen LogP) is 4.31. The van der Waals surface area contributed by atoms with Crippen LogP contribution in [0, 0.1) is 21.7 Å². The summed E-state index contributed by atoms with van der Waals surface area (Å²) in [5, 5.41) is 12.9. The lowest BCUT2D eigenvalue weighted by atomic mass is 10.1. The molecule has 138 valence electrons. The normalized spacial score (nSPS) is 11.7. The Hall–Kier alpha value is -2.68. The minimum absolute atomic E-state index is 0.0196. The molecule has 2 aromatic carbocycles. The fraction of sp³-hybridized carbons (Fsp3) is 0.235. The van der Waals surface area contributed by atoms with E-state index in [1.807, 2.05) is 0 Å². The van der Waals surface area contributed by atoms with Crippen LogP contribution in [0.5, 0.6) is 5.75 Å². The average molecular weight is 382 g/mol. The molecule has 1 atom stereocenters. The third kappa shape index (κ3) is 4.69. The van der Waals surface area contributed by atoms with E-state index >= 15 is 0 Å². The van der Waals surface area contributed by atoms with Crippen LogP contribution in [0.15, 0.2) is 36.4 Å². The van der Waals surface area contributed by atoms with E-state index in [1.54, 1.807) is 6.92 Å². The van der Waals surface area contributed by atoms with Crippen molar-refractivity contribution < 1.29 is 23.2 Å². The predicted molar refractivity (Wildman–Crippen MR) is 95.5 cm³/mol. The Bertz CT molecular complexity index is 812. The zero-order valence-corrected chi connectivity index (χ0v) is 14.8. The Morgan fingerprint density at radius 3 is 2.54 bits per heavy atom. The van der Waals surface area contributed by atoms with Crippen molar-refractivity contribution in [2.75, 3.05) is 18.2 Å². The molecule has 0 saturated carbocycles. The van der Waals surface area contributed by atoms with Gasteiger partial charge in [-0.3, -0.25) is 14.9 Å². The maximum absolute atomic E-state index is 13.7. The Morgan fingerprint density at radius 2 is 1.96 bits per heavy atom. The summed E-state index contributed by atoms with van der Waals surface area (Å²) in [7, 11) is 1.37. The molecule has 2 rings (SSSR count). The fourth-order valence-electron chi connectivity index (χ4n) is 2.26. The molecular formula is C17H16F2N2O4S. The van der Waals surface area contributed by atoms with Crippen LogP contribution in [-0.2, 0) is 4.79 Å². The first-order valence-corrected chi connectivity index (χ1v) is 8.56. The number of carbonyl (C=O) groups excluding carboxylic acids is 1. The molecule has 9 heteroatoms. The van der Waals surface area contributed by atoms with Crippen LogP contribution in [0.1, 0.15) is 17.7 Å². The number of anilines is 1. The highest BCUT2D eigenvalue weighted by atomic mass is 32.2. The van der Waals surface area contributed by atoms with Gasteiger partial charge in [0.05, 0.1) is 23.9 Å². The first-order chi connectivity index (χ1) is 12.3. The molecule has 26 heavy (non-hydrogen) atoms. The summed E-state index contributed by atoms with van der Waals surface area (Å²) in [5.41, 5.74) is -0.400. The quantitative estimate of drug-likeness (QED) is 0.570. The van der Waals surface area contributed by atoms with E-state index in [0.717, 1.165) is 23.9 Å². The first kappa shape index (κ1) is 19.6. The number of rotatable bonds is 7. The van der Waals surface area contributed by atoms with Crippen molar-refractivity contribution in [1.29, 1.82) is 0 Å². The van der Waals surface area contributed by atoms with Crippen molar-refractivity contribution >= 4 is 29.0 Å². The van der Waals surface area contributed by atoms with Gasteiger partial charge in [-0.1, -0.05) is 6.07 Å². The Morgan fingerprint density at radius 1 is 1.31 bits per heavy atom. The minimum atomic E-state index is -0.684. The highest BCUT2D eigenvalue weighted by molar-refractivity contribution is 8.00. The van der Waals surface area contributed by atoms with Crippen LogP contribution >= 0.6 is 11.8 Å².